The molecule has 2 rings (SSSR count). The fourth-order valence-corrected chi connectivity index (χ4v) is 4.65. The summed E-state index contributed by atoms with van der Waals surface area (Å²) in [6.07, 6.45) is 0.573. The normalized spacial score (nSPS) is 24.6. The summed E-state index contributed by atoms with van der Waals surface area (Å²) in [6.45, 7) is 2.38. The van der Waals surface area contributed by atoms with Crippen LogP contribution in [0.25, 0.3) is 0 Å². The van der Waals surface area contributed by atoms with Crippen LogP contribution in [0, 0.1) is 0 Å². The van der Waals surface area contributed by atoms with Gasteiger partial charge in [0.05, 0.1) is 17.9 Å². The second-order valence-corrected chi connectivity index (χ2v) is 7.78. The van der Waals surface area contributed by atoms with Crippen LogP contribution >= 0.6 is 0 Å². The Morgan fingerprint density at radius 1 is 1.35 bits per heavy atom. The Morgan fingerprint density at radius 2 is 2.00 bits per heavy atom. The van der Waals surface area contributed by atoms with Crippen molar-refractivity contribution in [1.82, 2.24) is 5.32 Å². The molecule has 1 fully saturated rings. The highest BCUT2D eigenvalue weighted by atomic mass is 32.2. The first-order valence-electron chi connectivity index (χ1n) is 6.54. The number of hydrogen-bond donors (Lipinski definition) is 2. The van der Waals surface area contributed by atoms with Crippen LogP contribution in [0.3, 0.4) is 0 Å². The van der Waals surface area contributed by atoms with Crippen LogP contribution in [-0.4, -0.2) is 36.5 Å². The van der Waals surface area contributed by atoms with Crippen molar-refractivity contribution in [2.45, 2.75) is 31.8 Å². The highest BCUT2D eigenvalue weighted by molar-refractivity contribution is 7.91. The average Bonchev–Trinajstić information content (AvgIpc) is 2.62. The van der Waals surface area contributed by atoms with Crippen molar-refractivity contribution in [3.8, 4) is 0 Å². The van der Waals surface area contributed by atoms with Crippen molar-refractivity contribution < 1.29 is 18.3 Å². The molecule has 1 aliphatic heterocycles. The van der Waals surface area contributed by atoms with E-state index in [9.17, 15) is 13.2 Å². The smallest absolute Gasteiger partial charge is 0.307 e. The number of carbonyl (C=O) groups is 1. The highest BCUT2D eigenvalue weighted by Crippen LogP contribution is 2.23. The summed E-state index contributed by atoms with van der Waals surface area (Å²) in [5.74, 6) is -0.513. The quantitative estimate of drug-likeness (QED) is 0.846. The van der Waals surface area contributed by atoms with Crippen LogP contribution in [0.5, 0.6) is 0 Å². The summed E-state index contributed by atoms with van der Waals surface area (Å²) in [5, 5.41) is 12.2. The number of nitrogens with one attached hydrogen (secondary N) is 1. The number of carboxylic acids is 1. The summed E-state index contributed by atoms with van der Waals surface area (Å²) >= 11 is 0. The molecule has 5 nitrogen and oxygen atoms in total. The molecule has 0 aromatic heterocycles. The second-order valence-electron chi connectivity index (χ2n) is 5.60. The van der Waals surface area contributed by atoms with Crippen molar-refractivity contribution in [1.29, 1.82) is 0 Å². The Morgan fingerprint density at radius 3 is 2.55 bits per heavy atom. The summed E-state index contributed by atoms with van der Waals surface area (Å²) in [6, 6.07) is 7.33. The minimum Gasteiger partial charge on any atom is -0.481 e. The van der Waals surface area contributed by atoms with Gasteiger partial charge in [-0.1, -0.05) is 24.3 Å². The van der Waals surface area contributed by atoms with E-state index in [1.807, 2.05) is 25.1 Å². The summed E-state index contributed by atoms with van der Waals surface area (Å²) in [7, 11) is -2.94. The number of sulfone groups is 1. The average molecular weight is 297 g/mol. The lowest BCUT2D eigenvalue weighted by molar-refractivity contribution is -0.136. The molecule has 0 radical (unpaired) electrons. The third-order valence-corrected chi connectivity index (χ3v) is 5.57. The number of benzene rings is 1. The Kier molecular flexibility index (Phi) is 4.15. The first-order chi connectivity index (χ1) is 9.30. The third kappa shape index (κ3) is 3.80. The standard InChI is InChI=1S/C14H19NO4S/c1-14(6-7-20(18,19)10-14)15-9-12-5-3-2-4-11(12)8-13(16)17/h2-5,15H,6-10H2,1H3,(H,16,17). The zero-order valence-corrected chi connectivity index (χ0v) is 12.2. The monoisotopic (exact) mass is 297 g/mol. The maximum Gasteiger partial charge on any atom is 0.307 e. The fraction of sp³-hybridized carbons (Fsp3) is 0.500. The summed E-state index contributed by atoms with van der Waals surface area (Å²) in [5.41, 5.74) is 1.24. The fourth-order valence-electron chi connectivity index (χ4n) is 2.52. The van der Waals surface area contributed by atoms with Gasteiger partial charge >= 0.3 is 5.97 Å². The van der Waals surface area contributed by atoms with Gasteiger partial charge in [0.2, 0.25) is 0 Å². The van der Waals surface area contributed by atoms with Crippen LogP contribution < -0.4 is 5.32 Å². The molecule has 110 valence electrons. The predicted molar refractivity (Wildman–Crippen MR) is 76.3 cm³/mol. The third-order valence-electron chi connectivity index (χ3n) is 3.67. The molecule has 1 heterocycles. The van der Waals surface area contributed by atoms with E-state index in [0.717, 1.165) is 11.1 Å². The zero-order chi connectivity index (χ0) is 14.8. The van der Waals surface area contributed by atoms with E-state index < -0.39 is 21.3 Å². The Hall–Kier alpha value is -1.40. The van der Waals surface area contributed by atoms with Crippen LogP contribution in [0.1, 0.15) is 24.5 Å². The molecule has 6 heteroatoms. The lowest BCUT2D eigenvalue weighted by atomic mass is 9.99. The maximum atomic E-state index is 11.6. The lowest BCUT2D eigenvalue weighted by Gasteiger charge is -2.24. The van der Waals surface area contributed by atoms with E-state index >= 15 is 0 Å². The molecule has 1 unspecified atom stereocenters. The van der Waals surface area contributed by atoms with Crippen molar-refractivity contribution >= 4 is 15.8 Å². The van der Waals surface area contributed by atoms with Gasteiger partial charge in [0.1, 0.15) is 0 Å². The number of hydrogen-bond acceptors (Lipinski definition) is 4. The molecule has 2 N–H and O–H groups in total. The Labute approximate surface area is 118 Å². The van der Waals surface area contributed by atoms with Crippen LogP contribution in [-0.2, 0) is 27.6 Å². The van der Waals surface area contributed by atoms with Gasteiger partial charge < -0.3 is 10.4 Å². The lowest BCUT2D eigenvalue weighted by Crippen LogP contribution is -2.43. The van der Waals surface area contributed by atoms with Crippen LogP contribution in [0.4, 0.5) is 0 Å². The number of carboxylic acid groups (broad SMARTS) is 1. The molecule has 0 bridgehead atoms. The van der Waals surface area contributed by atoms with E-state index in [1.165, 1.54) is 0 Å². The van der Waals surface area contributed by atoms with Gasteiger partial charge in [-0.2, -0.15) is 0 Å². The van der Waals surface area contributed by atoms with E-state index in [4.69, 9.17) is 5.11 Å². The predicted octanol–water partition coefficient (Wildman–Crippen LogP) is 0.981. The van der Waals surface area contributed by atoms with Crippen LogP contribution in [0.15, 0.2) is 24.3 Å². The molecule has 1 saturated heterocycles. The van der Waals surface area contributed by atoms with Gasteiger partial charge in [0.15, 0.2) is 9.84 Å². The van der Waals surface area contributed by atoms with Gasteiger partial charge in [0.25, 0.3) is 0 Å². The SMILES string of the molecule is CC1(NCc2ccccc2CC(=O)O)CCS(=O)(=O)C1. The van der Waals surface area contributed by atoms with Gasteiger partial charge in [0, 0.05) is 12.1 Å². The molecule has 0 aliphatic carbocycles. The molecule has 0 spiro atoms. The van der Waals surface area contributed by atoms with E-state index in [-0.39, 0.29) is 17.9 Å². The zero-order valence-electron chi connectivity index (χ0n) is 11.4. The molecular weight excluding hydrogens is 278 g/mol. The molecule has 1 aliphatic rings. The molecule has 0 amide bonds. The molecule has 1 aromatic rings. The summed E-state index contributed by atoms with van der Waals surface area (Å²) < 4.78 is 23.1. The van der Waals surface area contributed by atoms with E-state index in [1.54, 1.807) is 6.07 Å². The maximum absolute atomic E-state index is 11.6. The molecular formula is C14H19NO4S. The largest absolute Gasteiger partial charge is 0.481 e. The Bertz CT molecular complexity index is 611. The number of aliphatic carboxylic acids is 1. The molecule has 0 saturated carbocycles. The van der Waals surface area contributed by atoms with Crippen LogP contribution in [0.2, 0.25) is 0 Å². The minimum atomic E-state index is -2.94. The first kappa shape index (κ1) is 15.0. The van der Waals surface area contributed by atoms with Crippen molar-refractivity contribution in [3.05, 3.63) is 35.4 Å². The summed E-state index contributed by atoms with van der Waals surface area (Å²) in [4.78, 5) is 10.8. The number of rotatable bonds is 5. The van der Waals surface area contributed by atoms with Gasteiger partial charge in [-0.05, 0) is 24.5 Å². The van der Waals surface area contributed by atoms with E-state index in [2.05, 4.69) is 5.32 Å². The van der Waals surface area contributed by atoms with Gasteiger partial charge in [-0.3, -0.25) is 4.79 Å². The second kappa shape index (κ2) is 5.54. The van der Waals surface area contributed by atoms with Crippen molar-refractivity contribution in [2.75, 3.05) is 11.5 Å². The molecule has 1 aromatic carbocycles. The topological polar surface area (TPSA) is 83.5 Å². The molecule has 1 atom stereocenters. The van der Waals surface area contributed by atoms with Crippen molar-refractivity contribution in [3.63, 3.8) is 0 Å². The van der Waals surface area contributed by atoms with Gasteiger partial charge in [-0.25, -0.2) is 8.42 Å². The Balaban J connectivity index is 2.06. The van der Waals surface area contributed by atoms with Crippen molar-refractivity contribution in [2.24, 2.45) is 0 Å². The first-order valence-corrected chi connectivity index (χ1v) is 8.36. The molecule has 20 heavy (non-hydrogen) atoms. The van der Waals surface area contributed by atoms with E-state index in [0.29, 0.717) is 13.0 Å². The van der Waals surface area contributed by atoms with Gasteiger partial charge in [-0.15, -0.1) is 0 Å². The highest BCUT2D eigenvalue weighted by Gasteiger charge is 2.37. The minimum absolute atomic E-state index is 0.0210.